The third-order valence-corrected chi connectivity index (χ3v) is 5.66. The number of fused-ring (bicyclic) bond motifs is 3. The van der Waals surface area contributed by atoms with Gasteiger partial charge in [-0.1, -0.05) is 60.7 Å². The number of nitrogens with zero attached hydrogens (tertiary/aromatic N) is 2. The Bertz CT molecular complexity index is 1150. The van der Waals surface area contributed by atoms with E-state index >= 15 is 0 Å². The number of aliphatic carboxylic acids is 1. The molecule has 1 amide bonds. The molecule has 8 nitrogen and oxygen atoms in total. The Kier molecular flexibility index (Phi) is 5.59. The number of methoxy groups -OCH3 is 1. The van der Waals surface area contributed by atoms with E-state index in [1.165, 1.54) is 36.3 Å². The Morgan fingerprint density at radius 1 is 1.00 bits per heavy atom. The van der Waals surface area contributed by atoms with Crippen LogP contribution < -0.4 is 0 Å². The summed E-state index contributed by atoms with van der Waals surface area (Å²) >= 11 is 0. The minimum atomic E-state index is -1.26. The second-order valence-electron chi connectivity index (χ2n) is 7.44. The van der Waals surface area contributed by atoms with Gasteiger partial charge in [0, 0.05) is 18.6 Å². The number of hydrogen-bond donors (Lipinski definition) is 1. The topological polar surface area (TPSA) is 110 Å². The Hall–Kier alpha value is -4.20. The predicted molar refractivity (Wildman–Crippen MR) is 116 cm³/mol. The molecule has 0 heterocycles. The average Bonchev–Trinajstić information content (AvgIpc) is 3.13. The number of amides is 1. The van der Waals surface area contributed by atoms with Gasteiger partial charge in [-0.15, -0.1) is 0 Å². The molecule has 0 aliphatic heterocycles. The van der Waals surface area contributed by atoms with E-state index in [0.29, 0.717) is 5.56 Å². The molecule has 1 aliphatic rings. The van der Waals surface area contributed by atoms with Gasteiger partial charge in [0.05, 0.1) is 18.1 Å². The monoisotopic (exact) mass is 432 g/mol. The minimum absolute atomic E-state index is 0.0384. The molecule has 8 heteroatoms. The number of carbonyl (C=O) groups excluding carboxylic acids is 1. The van der Waals surface area contributed by atoms with E-state index in [1.807, 2.05) is 48.5 Å². The zero-order chi connectivity index (χ0) is 22.8. The first kappa shape index (κ1) is 21.0. The highest BCUT2D eigenvalue weighted by Gasteiger charge is 2.42. The largest absolute Gasteiger partial charge is 0.480 e. The zero-order valence-electron chi connectivity index (χ0n) is 17.2. The molecule has 0 radical (unpaired) electrons. The second kappa shape index (κ2) is 8.50. The summed E-state index contributed by atoms with van der Waals surface area (Å²) in [7, 11) is 1.22. The molecule has 1 atom stereocenters. The Morgan fingerprint density at radius 3 is 2.00 bits per heavy atom. The third kappa shape index (κ3) is 3.66. The quantitative estimate of drug-likeness (QED) is 0.456. The van der Waals surface area contributed by atoms with Crippen LogP contribution in [0, 0.1) is 10.1 Å². The maximum atomic E-state index is 12.9. The van der Waals surface area contributed by atoms with Crippen molar-refractivity contribution in [3.8, 4) is 11.1 Å². The van der Waals surface area contributed by atoms with Gasteiger partial charge in [0.15, 0.2) is 0 Å². The van der Waals surface area contributed by atoms with Crippen LogP contribution in [0.15, 0.2) is 72.8 Å². The molecule has 3 aromatic carbocycles. The van der Waals surface area contributed by atoms with Gasteiger partial charge < -0.3 is 9.84 Å². The van der Waals surface area contributed by atoms with Crippen LogP contribution in [0.25, 0.3) is 11.1 Å². The highest BCUT2D eigenvalue weighted by Crippen LogP contribution is 2.47. The van der Waals surface area contributed by atoms with Gasteiger partial charge in [-0.25, -0.2) is 9.59 Å². The van der Waals surface area contributed by atoms with Gasteiger partial charge in [-0.05, 0) is 27.8 Å². The molecule has 162 valence electrons. The first-order chi connectivity index (χ1) is 15.4. The summed E-state index contributed by atoms with van der Waals surface area (Å²) in [5.74, 6) is -1.20. The standard InChI is InChI=1S/C24H20N2O6/c1-32-24(29)25(21(23(27)28)14-15-10-12-16(13-11-15)26(30)31)22-19-8-4-2-6-17(19)18-7-3-5-9-20(18)22/h2-13,21-22H,14H2,1H3,(H,27,28)/t21-/m1/s1. The Labute approximate surface area is 183 Å². The number of benzene rings is 3. The first-order valence-electron chi connectivity index (χ1n) is 9.93. The fourth-order valence-corrected chi connectivity index (χ4v) is 4.23. The van der Waals surface area contributed by atoms with Crippen molar-refractivity contribution < 1.29 is 24.4 Å². The molecular weight excluding hydrogens is 412 g/mol. The van der Waals surface area contributed by atoms with Crippen molar-refractivity contribution in [3.63, 3.8) is 0 Å². The van der Waals surface area contributed by atoms with E-state index in [0.717, 1.165) is 22.3 Å². The van der Waals surface area contributed by atoms with Gasteiger partial charge in [0.25, 0.3) is 5.69 Å². The summed E-state index contributed by atoms with van der Waals surface area (Å²) in [6, 6.07) is 18.8. The van der Waals surface area contributed by atoms with Crippen LogP contribution in [0.1, 0.15) is 22.7 Å². The van der Waals surface area contributed by atoms with Gasteiger partial charge in [0.2, 0.25) is 0 Å². The lowest BCUT2D eigenvalue weighted by Crippen LogP contribution is -2.48. The van der Waals surface area contributed by atoms with Crippen molar-refractivity contribution in [1.82, 2.24) is 4.90 Å². The van der Waals surface area contributed by atoms with Crippen molar-refractivity contribution in [2.75, 3.05) is 7.11 Å². The van der Waals surface area contributed by atoms with Crippen LogP contribution >= 0.6 is 0 Å². The zero-order valence-corrected chi connectivity index (χ0v) is 17.2. The molecule has 0 aromatic heterocycles. The molecule has 0 saturated carbocycles. The summed E-state index contributed by atoms with van der Waals surface area (Å²) in [5, 5.41) is 21.0. The molecular formula is C24H20N2O6. The fraction of sp³-hybridized carbons (Fsp3) is 0.167. The van der Waals surface area contributed by atoms with Crippen LogP contribution in [0.3, 0.4) is 0 Å². The third-order valence-electron chi connectivity index (χ3n) is 5.66. The lowest BCUT2D eigenvalue weighted by Gasteiger charge is -2.34. The number of nitro groups is 1. The number of ether oxygens (including phenoxy) is 1. The average molecular weight is 432 g/mol. The van der Waals surface area contributed by atoms with E-state index < -0.39 is 29.1 Å². The van der Waals surface area contributed by atoms with Crippen LogP contribution in [0.2, 0.25) is 0 Å². The van der Waals surface area contributed by atoms with Crippen LogP contribution in [-0.2, 0) is 16.0 Å². The van der Waals surface area contributed by atoms with Crippen LogP contribution in [0.4, 0.5) is 10.5 Å². The summed E-state index contributed by atoms with van der Waals surface area (Å²) in [4.78, 5) is 37.0. The first-order valence-corrected chi connectivity index (χ1v) is 9.93. The minimum Gasteiger partial charge on any atom is -0.480 e. The molecule has 32 heavy (non-hydrogen) atoms. The van der Waals surface area contributed by atoms with Crippen molar-refractivity contribution in [2.24, 2.45) is 0 Å². The summed E-state index contributed by atoms with van der Waals surface area (Å²) < 4.78 is 5.01. The van der Waals surface area contributed by atoms with E-state index in [2.05, 4.69) is 0 Å². The summed E-state index contributed by atoms with van der Waals surface area (Å²) in [6.07, 6.45) is -0.806. The molecule has 1 N–H and O–H groups in total. The van der Waals surface area contributed by atoms with Gasteiger partial charge in [-0.3, -0.25) is 15.0 Å². The van der Waals surface area contributed by atoms with E-state index in [1.54, 1.807) is 0 Å². The molecule has 1 aliphatic carbocycles. The number of non-ortho nitro benzene ring substituents is 1. The number of rotatable bonds is 6. The lowest BCUT2D eigenvalue weighted by molar-refractivity contribution is -0.384. The normalized spacial score (nSPS) is 13.0. The lowest BCUT2D eigenvalue weighted by atomic mass is 9.98. The predicted octanol–water partition coefficient (Wildman–Crippen LogP) is 4.43. The maximum Gasteiger partial charge on any atom is 0.411 e. The van der Waals surface area contributed by atoms with E-state index in [9.17, 15) is 24.8 Å². The number of hydrogen-bond acceptors (Lipinski definition) is 5. The molecule has 0 fully saturated rings. The molecule has 0 spiro atoms. The number of carboxylic acids is 1. The van der Waals surface area contributed by atoms with Crippen LogP contribution in [0.5, 0.6) is 0 Å². The maximum absolute atomic E-state index is 12.9. The number of carboxylic acid groups (broad SMARTS) is 1. The molecule has 0 saturated heterocycles. The van der Waals surface area contributed by atoms with Gasteiger partial charge in [0.1, 0.15) is 6.04 Å². The second-order valence-corrected chi connectivity index (χ2v) is 7.44. The number of carbonyl (C=O) groups is 2. The van der Waals surface area contributed by atoms with E-state index in [4.69, 9.17) is 4.74 Å². The fourth-order valence-electron chi connectivity index (χ4n) is 4.23. The SMILES string of the molecule is COC(=O)N(C1c2ccccc2-c2ccccc21)[C@H](Cc1ccc([N+](=O)[O-])cc1)C(=O)O. The highest BCUT2D eigenvalue weighted by molar-refractivity contribution is 5.85. The van der Waals surface area contributed by atoms with Gasteiger partial charge in [-0.2, -0.15) is 0 Å². The molecule has 0 unspecified atom stereocenters. The Morgan fingerprint density at radius 2 is 1.53 bits per heavy atom. The molecule has 0 bridgehead atoms. The van der Waals surface area contributed by atoms with Gasteiger partial charge >= 0.3 is 12.1 Å². The van der Waals surface area contributed by atoms with Crippen molar-refractivity contribution in [3.05, 3.63) is 99.6 Å². The summed E-state index contributed by atoms with van der Waals surface area (Å²) in [5.41, 5.74) is 3.95. The summed E-state index contributed by atoms with van der Waals surface area (Å²) in [6.45, 7) is 0. The van der Waals surface area contributed by atoms with Crippen LogP contribution in [-0.4, -0.2) is 40.1 Å². The smallest absolute Gasteiger partial charge is 0.411 e. The number of nitro benzene ring substituents is 1. The van der Waals surface area contributed by atoms with Crippen molar-refractivity contribution in [2.45, 2.75) is 18.5 Å². The van der Waals surface area contributed by atoms with Crippen molar-refractivity contribution >= 4 is 17.7 Å². The molecule has 3 aromatic rings. The molecule has 4 rings (SSSR count). The Balaban J connectivity index is 1.79. The highest BCUT2D eigenvalue weighted by atomic mass is 16.6. The van der Waals surface area contributed by atoms with Crippen molar-refractivity contribution in [1.29, 1.82) is 0 Å². The van der Waals surface area contributed by atoms with E-state index in [-0.39, 0.29) is 12.1 Å².